The SMILES string of the molecule is CN(CCC#N)c1cc(C(=O)O)ccc1N. The van der Waals surface area contributed by atoms with Crippen LogP contribution in [-0.2, 0) is 0 Å². The van der Waals surface area contributed by atoms with Crippen LogP contribution < -0.4 is 10.6 Å². The number of anilines is 2. The zero-order valence-corrected chi connectivity index (χ0v) is 8.97. The average Bonchev–Trinajstić information content (AvgIpc) is 2.26. The molecule has 3 N–H and O–H groups in total. The Morgan fingerprint density at radius 3 is 2.88 bits per heavy atom. The number of benzene rings is 1. The molecule has 0 heterocycles. The summed E-state index contributed by atoms with van der Waals surface area (Å²) in [5, 5.41) is 17.3. The molecule has 1 aromatic carbocycles. The van der Waals surface area contributed by atoms with Gasteiger partial charge in [0.05, 0.1) is 29.4 Å². The van der Waals surface area contributed by atoms with Crippen LogP contribution in [0.4, 0.5) is 11.4 Å². The quantitative estimate of drug-likeness (QED) is 0.745. The fourth-order valence-corrected chi connectivity index (χ4v) is 1.35. The van der Waals surface area contributed by atoms with Gasteiger partial charge < -0.3 is 15.7 Å². The molecule has 0 aromatic heterocycles. The third-order valence-electron chi connectivity index (χ3n) is 2.25. The molecule has 0 unspecified atom stereocenters. The zero-order chi connectivity index (χ0) is 12.1. The van der Waals surface area contributed by atoms with Crippen LogP contribution in [0.15, 0.2) is 18.2 Å². The Morgan fingerprint density at radius 2 is 2.31 bits per heavy atom. The number of nitrogens with zero attached hydrogens (tertiary/aromatic N) is 2. The van der Waals surface area contributed by atoms with Crippen molar-refractivity contribution in [2.24, 2.45) is 0 Å². The lowest BCUT2D eigenvalue weighted by atomic mass is 10.1. The monoisotopic (exact) mass is 219 g/mol. The Kier molecular flexibility index (Phi) is 3.72. The van der Waals surface area contributed by atoms with E-state index >= 15 is 0 Å². The maximum atomic E-state index is 10.8. The van der Waals surface area contributed by atoms with Crippen molar-refractivity contribution in [1.82, 2.24) is 0 Å². The number of carbonyl (C=O) groups is 1. The molecule has 5 nitrogen and oxygen atoms in total. The molecule has 5 heteroatoms. The minimum Gasteiger partial charge on any atom is -0.478 e. The first-order valence-corrected chi connectivity index (χ1v) is 4.77. The Morgan fingerprint density at radius 1 is 1.62 bits per heavy atom. The van der Waals surface area contributed by atoms with Crippen LogP contribution in [0.5, 0.6) is 0 Å². The molecule has 0 aliphatic carbocycles. The molecule has 0 atom stereocenters. The van der Waals surface area contributed by atoms with Gasteiger partial charge in [0.1, 0.15) is 0 Å². The molecule has 0 amide bonds. The van der Waals surface area contributed by atoms with E-state index in [-0.39, 0.29) is 5.56 Å². The van der Waals surface area contributed by atoms with Crippen LogP contribution in [0.3, 0.4) is 0 Å². The predicted octanol–water partition coefficient (Wildman–Crippen LogP) is 1.32. The first kappa shape index (κ1) is 11.9. The highest BCUT2D eigenvalue weighted by molar-refractivity contribution is 5.90. The van der Waals surface area contributed by atoms with E-state index in [2.05, 4.69) is 0 Å². The van der Waals surface area contributed by atoms with Gasteiger partial charge in [-0.3, -0.25) is 0 Å². The second-order valence-corrected chi connectivity index (χ2v) is 3.41. The van der Waals surface area contributed by atoms with Gasteiger partial charge >= 0.3 is 5.97 Å². The van der Waals surface area contributed by atoms with E-state index < -0.39 is 5.97 Å². The molecule has 0 bridgehead atoms. The normalized spacial score (nSPS) is 9.50. The van der Waals surface area contributed by atoms with Crippen LogP contribution in [-0.4, -0.2) is 24.7 Å². The van der Waals surface area contributed by atoms with Crippen LogP contribution in [0.25, 0.3) is 0 Å². The van der Waals surface area contributed by atoms with Gasteiger partial charge in [-0.15, -0.1) is 0 Å². The van der Waals surface area contributed by atoms with Crippen LogP contribution in [0.2, 0.25) is 0 Å². The van der Waals surface area contributed by atoms with Crippen molar-refractivity contribution in [1.29, 1.82) is 5.26 Å². The lowest BCUT2D eigenvalue weighted by Crippen LogP contribution is -2.19. The summed E-state index contributed by atoms with van der Waals surface area (Å²) < 4.78 is 0. The number of hydrogen-bond acceptors (Lipinski definition) is 4. The molecule has 1 rings (SSSR count). The van der Waals surface area contributed by atoms with E-state index in [9.17, 15) is 4.79 Å². The van der Waals surface area contributed by atoms with Gasteiger partial charge in [-0.2, -0.15) is 5.26 Å². The summed E-state index contributed by atoms with van der Waals surface area (Å²) in [6.07, 6.45) is 0.368. The van der Waals surface area contributed by atoms with E-state index in [0.717, 1.165) is 0 Å². The second kappa shape index (κ2) is 5.03. The number of nitrogens with two attached hydrogens (primary N) is 1. The fourth-order valence-electron chi connectivity index (χ4n) is 1.35. The van der Waals surface area contributed by atoms with Crippen LogP contribution in [0.1, 0.15) is 16.8 Å². The minimum absolute atomic E-state index is 0.188. The van der Waals surface area contributed by atoms with Gasteiger partial charge in [0.15, 0.2) is 0 Å². The van der Waals surface area contributed by atoms with E-state index in [1.807, 2.05) is 6.07 Å². The number of rotatable bonds is 4. The predicted molar refractivity (Wildman–Crippen MR) is 61.3 cm³/mol. The molecular formula is C11H13N3O2. The summed E-state index contributed by atoms with van der Waals surface area (Å²) in [5.74, 6) is -0.991. The van der Waals surface area contributed by atoms with Gasteiger partial charge in [0.25, 0.3) is 0 Å². The second-order valence-electron chi connectivity index (χ2n) is 3.41. The third kappa shape index (κ3) is 2.64. The van der Waals surface area contributed by atoms with Crippen molar-refractivity contribution in [3.8, 4) is 6.07 Å². The summed E-state index contributed by atoms with van der Waals surface area (Å²) >= 11 is 0. The molecule has 0 saturated carbocycles. The lowest BCUT2D eigenvalue weighted by Gasteiger charge is -2.20. The summed E-state index contributed by atoms with van der Waals surface area (Å²) in [6, 6.07) is 6.55. The zero-order valence-electron chi connectivity index (χ0n) is 8.97. The molecule has 0 radical (unpaired) electrons. The Bertz CT molecular complexity index is 437. The summed E-state index contributed by atoms with van der Waals surface area (Å²) in [4.78, 5) is 12.6. The summed E-state index contributed by atoms with van der Waals surface area (Å²) in [5.41, 5.74) is 7.07. The number of nitriles is 1. The molecule has 0 aliphatic heterocycles. The van der Waals surface area contributed by atoms with Gasteiger partial charge in [0, 0.05) is 13.6 Å². The molecule has 0 aliphatic rings. The third-order valence-corrected chi connectivity index (χ3v) is 2.25. The molecule has 0 saturated heterocycles. The Hall–Kier alpha value is -2.22. The maximum Gasteiger partial charge on any atom is 0.335 e. The minimum atomic E-state index is -0.991. The number of aromatic carboxylic acids is 1. The summed E-state index contributed by atoms with van der Waals surface area (Å²) in [7, 11) is 1.77. The van der Waals surface area contributed by atoms with Gasteiger partial charge in [0.2, 0.25) is 0 Å². The van der Waals surface area contributed by atoms with E-state index in [0.29, 0.717) is 24.3 Å². The van der Waals surface area contributed by atoms with Crippen molar-refractivity contribution in [3.63, 3.8) is 0 Å². The van der Waals surface area contributed by atoms with Gasteiger partial charge in [-0.25, -0.2) is 4.79 Å². The van der Waals surface area contributed by atoms with E-state index in [1.54, 1.807) is 18.0 Å². The smallest absolute Gasteiger partial charge is 0.335 e. The highest BCUT2D eigenvalue weighted by Crippen LogP contribution is 2.23. The van der Waals surface area contributed by atoms with Gasteiger partial charge in [-0.1, -0.05) is 0 Å². The molecule has 16 heavy (non-hydrogen) atoms. The van der Waals surface area contributed by atoms with E-state index in [1.165, 1.54) is 12.1 Å². The number of hydrogen-bond donors (Lipinski definition) is 2. The standard InChI is InChI=1S/C11H13N3O2/c1-14(6-2-5-12)10-7-8(11(15)16)3-4-9(10)13/h3-4,7H,2,6,13H2,1H3,(H,15,16). The Labute approximate surface area is 93.7 Å². The molecular weight excluding hydrogens is 206 g/mol. The number of carboxylic acids is 1. The van der Waals surface area contributed by atoms with Crippen LogP contribution >= 0.6 is 0 Å². The van der Waals surface area contributed by atoms with E-state index in [4.69, 9.17) is 16.1 Å². The average molecular weight is 219 g/mol. The highest BCUT2D eigenvalue weighted by atomic mass is 16.4. The van der Waals surface area contributed by atoms with Crippen molar-refractivity contribution in [2.45, 2.75) is 6.42 Å². The largest absolute Gasteiger partial charge is 0.478 e. The maximum absolute atomic E-state index is 10.8. The first-order chi connectivity index (χ1) is 7.56. The van der Waals surface area contributed by atoms with Crippen molar-refractivity contribution in [2.75, 3.05) is 24.2 Å². The molecule has 84 valence electrons. The van der Waals surface area contributed by atoms with Crippen LogP contribution in [0, 0.1) is 11.3 Å². The highest BCUT2D eigenvalue weighted by Gasteiger charge is 2.09. The van der Waals surface area contributed by atoms with Crippen molar-refractivity contribution in [3.05, 3.63) is 23.8 Å². The first-order valence-electron chi connectivity index (χ1n) is 4.77. The molecule has 1 aromatic rings. The number of carboxylic acid groups (broad SMARTS) is 1. The van der Waals surface area contributed by atoms with Crippen molar-refractivity contribution < 1.29 is 9.90 Å². The molecule has 0 spiro atoms. The van der Waals surface area contributed by atoms with Gasteiger partial charge in [-0.05, 0) is 18.2 Å². The lowest BCUT2D eigenvalue weighted by molar-refractivity contribution is 0.0697. The summed E-state index contributed by atoms with van der Waals surface area (Å²) in [6.45, 7) is 0.518. The fraction of sp³-hybridized carbons (Fsp3) is 0.273. The van der Waals surface area contributed by atoms with Crippen molar-refractivity contribution >= 4 is 17.3 Å². The molecule has 0 fully saturated rings. The Balaban J connectivity index is 2.98. The number of nitrogen functional groups attached to an aromatic ring is 1. The topological polar surface area (TPSA) is 90.3 Å².